The van der Waals surface area contributed by atoms with Crippen molar-refractivity contribution in [3.8, 4) is 10.4 Å². The predicted molar refractivity (Wildman–Crippen MR) is 152 cm³/mol. The second-order valence-corrected chi connectivity index (χ2v) is 10.3. The number of rotatable bonds is 7. The molecule has 3 heterocycles. The fraction of sp³-hybridized carbons (Fsp3) is 0.125. The fourth-order valence-corrected chi connectivity index (χ4v) is 5.93. The first kappa shape index (κ1) is 23.2. The number of aromatic nitrogens is 2. The molecule has 0 radical (unpaired) electrons. The number of carbonyl (C=O) groups is 1. The van der Waals surface area contributed by atoms with Crippen LogP contribution in [0.5, 0.6) is 0 Å². The maximum atomic E-state index is 13.0. The lowest BCUT2D eigenvalue weighted by atomic mass is 10.00. The Morgan fingerprint density at radius 3 is 2.70 bits per heavy atom. The van der Waals surface area contributed by atoms with Crippen molar-refractivity contribution in [1.29, 1.82) is 0 Å². The van der Waals surface area contributed by atoms with Crippen molar-refractivity contribution >= 4 is 39.7 Å². The highest BCUT2D eigenvalue weighted by Gasteiger charge is 2.18. The molecular weight excluding hydrogens is 474 g/mol. The second-order valence-electron chi connectivity index (χ2n) is 9.21. The van der Waals surface area contributed by atoms with Crippen LogP contribution in [-0.4, -0.2) is 21.5 Å². The summed E-state index contributed by atoms with van der Waals surface area (Å²) in [6, 6.07) is 26.7. The molecule has 1 aliphatic heterocycles. The van der Waals surface area contributed by atoms with Crippen LogP contribution in [0.1, 0.15) is 33.1 Å². The molecule has 0 aliphatic carbocycles. The van der Waals surface area contributed by atoms with Gasteiger partial charge in [0.25, 0.3) is 0 Å². The summed E-state index contributed by atoms with van der Waals surface area (Å²) >= 11 is 1.62. The van der Waals surface area contributed by atoms with Crippen molar-refractivity contribution in [3.63, 3.8) is 0 Å². The lowest BCUT2D eigenvalue weighted by Crippen LogP contribution is -2.06. The number of thiazole rings is 1. The van der Waals surface area contributed by atoms with Gasteiger partial charge in [-0.1, -0.05) is 60.7 Å². The van der Waals surface area contributed by atoms with Crippen LogP contribution in [0.25, 0.3) is 27.3 Å². The Morgan fingerprint density at radius 2 is 1.81 bits per heavy atom. The number of hydrogen-bond acceptors (Lipinski definition) is 5. The molecule has 0 saturated carbocycles. The molecule has 0 saturated heterocycles. The van der Waals surface area contributed by atoms with Crippen molar-refractivity contribution in [2.45, 2.75) is 26.3 Å². The number of aryl methyl sites for hydroxylation is 1. The van der Waals surface area contributed by atoms with Gasteiger partial charge in [0, 0.05) is 18.2 Å². The summed E-state index contributed by atoms with van der Waals surface area (Å²) < 4.78 is 0. The van der Waals surface area contributed by atoms with Crippen molar-refractivity contribution in [2.75, 3.05) is 0 Å². The van der Waals surface area contributed by atoms with Gasteiger partial charge in [-0.05, 0) is 64.7 Å². The van der Waals surface area contributed by atoms with Crippen LogP contribution >= 0.6 is 11.3 Å². The minimum absolute atomic E-state index is 0.184. The molecule has 5 aromatic rings. The summed E-state index contributed by atoms with van der Waals surface area (Å²) in [6.07, 6.45) is 6.59. The van der Waals surface area contributed by atoms with E-state index in [-0.39, 0.29) is 5.78 Å². The van der Waals surface area contributed by atoms with Crippen LogP contribution in [-0.2, 0) is 24.2 Å². The SMILES string of the molecule is Cc1nc(CC(=O)Cc2cccc3ccccc23)sc1-c1ccc2c(c1)CN=C2/C=C/c1ccccn1. The van der Waals surface area contributed by atoms with E-state index in [0.717, 1.165) is 54.4 Å². The Balaban J connectivity index is 1.17. The van der Waals surface area contributed by atoms with Gasteiger partial charge in [-0.15, -0.1) is 11.3 Å². The number of benzene rings is 3. The Morgan fingerprint density at radius 1 is 0.946 bits per heavy atom. The number of carbonyl (C=O) groups excluding carboxylic acids is 1. The molecule has 6 rings (SSSR count). The Kier molecular flexibility index (Phi) is 6.29. The van der Waals surface area contributed by atoms with Gasteiger partial charge in [-0.3, -0.25) is 14.8 Å². The smallest absolute Gasteiger partial charge is 0.144 e. The molecule has 1 aliphatic rings. The minimum atomic E-state index is 0.184. The van der Waals surface area contributed by atoms with Gasteiger partial charge >= 0.3 is 0 Å². The predicted octanol–water partition coefficient (Wildman–Crippen LogP) is 7.04. The van der Waals surface area contributed by atoms with Crippen molar-refractivity contribution < 1.29 is 4.79 Å². The molecule has 180 valence electrons. The molecule has 3 aromatic carbocycles. The van der Waals surface area contributed by atoms with E-state index < -0.39 is 0 Å². The molecular formula is C32H25N3OS. The number of ketones is 1. The Labute approximate surface area is 220 Å². The van der Waals surface area contributed by atoms with E-state index in [1.165, 1.54) is 5.56 Å². The normalized spacial score (nSPS) is 12.7. The molecule has 37 heavy (non-hydrogen) atoms. The van der Waals surface area contributed by atoms with Crippen LogP contribution < -0.4 is 0 Å². The second kappa shape index (κ2) is 10.0. The minimum Gasteiger partial charge on any atom is -0.299 e. The lowest BCUT2D eigenvalue weighted by Gasteiger charge is -2.05. The van der Waals surface area contributed by atoms with E-state index in [1.54, 1.807) is 17.5 Å². The number of nitrogens with zero attached hydrogens (tertiary/aromatic N) is 3. The monoisotopic (exact) mass is 499 g/mol. The van der Waals surface area contributed by atoms with Crippen molar-refractivity contribution in [3.05, 3.63) is 124 Å². The molecule has 0 N–H and O–H groups in total. The summed E-state index contributed by atoms with van der Waals surface area (Å²) in [4.78, 5) is 27.9. The molecule has 4 nitrogen and oxygen atoms in total. The van der Waals surface area contributed by atoms with Crippen LogP contribution in [0.2, 0.25) is 0 Å². The Hall–Kier alpha value is -4.22. The highest BCUT2D eigenvalue weighted by molar-refractivity contribution is 7.15. The summed E-state index contributed by atoms with van der Waals surface area (Å²) in [7, 11) is 0. The van der Waals surface area contributed by atoms with E-state index in [2.05, 4.69) is 41.4 Å². The highest BCUT2D eigenvalue weighted by atomic mass is 32.1. The van der Waals surface area contributed by atoms with Crippen LogP contribution in [0.15, 0.2) is 96.1 Å². The van der Waals surface area contributed by atoms with Crippen LogP contribution in [0.3, 0.4) is 0 Å². The lowest BCUT2D eigenvalue weighted by molar-refractivity contribution is -0.117. The largest absolute Gasteiger partial charge is 0.299 e. The summed E-state index contributed by atoms with van der Waals surface area (Å²) in [5.41, 5.74) is 7.43. The zero-order chi connectivity index (χ0) is 25.2. The number of aliphatic imine (C=N–C) groups is 1. The molecule has 2 aromatic heterocycles. The zero-order valence-corrected chi connectivity index (χ0v) is 21.3. The molecule has 0 spiro atoms. The topological polar surface area (TPSA) is 55.2 Å². The average molecular weight is 500 g/mol. The standard InChI is InChI=1S/C32H25N3OS/c1-21-32(24-12-14-29-25(17-24)20-34-30(29)15-13-26-10-4-5-16-33-26)37-31(35-21)19-27(36)18-23-9-6-8-22-7-2-3-11-28(22)23/h2-17H,18-20H2,1H3/b15-13+. The van der Waals surface area contributed by atoms with Gasteiger partial charge < -0.3 is 0 Å². The Bertz CT molecular complexity index is 1680. The number of fused-ring (bicyclic) bond motifs is 2. The average Bonchev–Trinajstić information content (AvgIpc) is 3.50. The first-order valence-corrected chi connectivity index (χ1v) is 13.2. The zero-order valence-electron chi connectivity index (χ0n) is 20.5. The number of Topliss-reactive ketones (excluding diaryl/α,β-unsaturated/α-hetero) is 1. The quantitative estimate of drug-likeness (QED) is 0.241. The molecule has 0 fully saturated rings. The maximum absolute atomic E-state index is 13.0. The summed E-state index contributed by atoms with van der Waals surface area (Å²) in [5, 5.41) is 3.17. The summed E-state index contributed by atoms with van der Waals surface area (Å²) in [5.74, 6) is 0.184. The van der Waals surface area contributed by atoms with Crippen LogP contribution in [0.4, 0.5) is 0 Å². The van der Waals surface area contributed by atoms with E-state index in [0.29, 0.717) is 19.4 Å². The summed E-state index contributed by atoms with van der Waals surface area (Å²) in [6.45, 7) is 2.69. The number of pyridine rings is 1. The molecule has 0 amide bonds. The van der Waals surface area contributed by atoms with Gasteiger partial charge in [0.05, 0.1) is 34.9 Å². The fourth-order valence-electron chi connectivity index (χ4n) is 4.84. The van der Waals surface area contributed by atoms with Gasteiger partial charge in [0.1, 0.15) is 10.8 Å². The molecule has 5 heteroatoms. The molecule has 0 unspecified atom stereocenters. The highest BCUT2D eigenvalue weighted by Crippen LogP contribution is 2.33. The van der Waals surface area contributed by atoms with Gasteiger partial charge in [-0.2, -0.15) is 0 Å². The van der Waals surface area contributed by atoms with Crippen LogP contribution in [0, 0.1) is 6.92 Å². The third-order valence-corrected chi connectivity index (χ3v) is 7.83. The van der Waals surface area contributed by atoms with E-state index >= 15 is 0 Å². The van der Waals surface area contributed by atoms with Crippen molar-refractivity contribution in [2.24, 2.45) is 4.99 Å². The van der Waals surface area contributed by atoms with Gasteiger partial charge in [0.2, 0.25) is 0 Å². The van der Waals surface area contributed by atoms with Gasteiger partial charge in [-0.25, -0.2) is 4.98 Å². The van der Waals surface area contributed by atoms with E-state index in [9.17, 15) is 4.79 Å². The third-order valence-electron chi connectivity index (χ3n) is 6.62. The third kappa shape index (κ3) is 4.91. The van der Waals surface area contributed by atoms with E-state index in [4.69, 9.17) is 9.98 Å². The number of hydrogen-bond donors (Lipinski definition) is 0. The molecule has 0 atom stereocenters. The van der Waals surface area contributed by atoms with Gasteiger partial charge in [0.15, 0.2) is 0 Å². The van der Waals surface area contributed by atoms with Crippen molar-refractivity contribution in [1.82, 2.24) is 9.97 Å². The first-order chi connectivity index (χ1) is 18.1. The first-order valence-electron chi connectivity index (χ1n) is 12.4. The molecule has 0 bridgehead atoms. The number of allylic oxidation sites excluding steroid dienone is 1. The van der Waals surface area contributed by atoms with E-state index in [1.807, 2.05) is 61.5 Å². The maximum Gasteiger partial charge on any atom is 0.144 e.